The van der Waals surface area contributed by atoms with Gasteiger partial charge in [0.25, 0.3) is 0 Å². The van der Waals surface area contributed by atoms with Gasteiger partial charge < -0.3 is 16.2 Å². The van der Waals surface area contributed by atoms with E-state index in [9.17, 15) is 9.59 Å². The number of nitrogens with one attached hydrogen (secondary N) is 1. The third-order valence-electron chi connectivity index (χ3n) is 2.99. The van der Waals surface area contributed by atoms with Gasteiger partial charge >= 0.3 is 5.97 Å². The first-order valence-corrected chi connectivity index (χ1v) is 6.53. The van der Waals surface area contributed by atoms with Crippen molar-refractivity contribution in [1.29, 1.82) is 0 Å². The highest BCUT2D eigenvalue weighted by atomic mass is 79.9. The molecule has 1 aromatic rings. The summed E-state index contributed by atoms with van der Waals surface area (Å²) in [5.74, 6) is -1.75. The topological polar surface area (TPSA) is 92.4 Å². The van der Waals surface area contributed by atoms with Gasteiger partial charge in [0, 0.05) is 16.2 Å². The summed E-state index contributed by atoms with van der Waals surface area (Å²) in [7, 11) is 0. The van der Waals surface area contributed by atoms with Crippen LogP contribution in [0, 0.1) is 5.92 Å². The predicted octanol–water partition coefficient (Wildman–Crippen LogP) is 1.99. The maximum atomic E-state index is 11.1. The molecule has 100 valence electrons. The van der Waals surface area contributed by atoms with Gasteiger partial charge in [-0.15, -0.1) is 0 Å². The minimum absolute atomic E-state index is 0.0209. The lowest BCUT2D eigenvalue weighted by molar-refractivity contribution is -0.140. The molecule has 0 heterocycles. The Bertz CT molecular complexity index is 557. The maximum Gasteiger partial charge on any atom is 0.310 e. The molecule has 6 heteroatoms. The first-order valence-electron chi connectivity index (χ1n) is 5.74. The number of hydrogen-bond donors (Lipinski definition) is 3. The van der Waals surface area contributed by atoms with Crippen LogP contribution in [0.25, 0.3) is 0 Å². The highest BCUT2D eigenvalue weighted by Crippen LogP contribution is 2.25. The Hall–Kier alpha value is -1.82. The minimum Gasteiger partial charge on any atom is -0.481 e. The van der Waals surface area contributed by atoms with E-state index < -0.39 is 17.8 Å². The second kappa shape index (κ2) is 5.44. The van der Waals surface area contributed by atoms with Crippen LogP contribution < -0.4 is 11.1 Å². The molecule has 1 aliphatic rings. The van der Waals surface area contributed by atoms with Crippen LogP contribution in [0.5, 0.6) is 0 Å². The Kier molecular flexibility index (Phi) is 3.90. The lowest BCUT2D eigenvalue weighted by atomic mass is 10.1. The Balaban J connectivity index is 2.05. The number of primary amides is 1. The van der Waals surface area contributed by atoms with Gasteiger partial charge in [-0.3, -0.25) is 9.59 Å². The van der Waals surface area contributed by atoms with Crippen LogP contribution in [-0.4, -0.2) is 23.0 Å². The van der Waals surface area contributed by atoms with Crippen LogP contribution in [0.3, 0.4) is 0 Å². The average Bonchev–Trinajstić information content (AvgIpc) is 2.77. The summed E-state index contributed by atoms with van der Waals surface area (Å²) in [5.41, 5.74) is 6.43. The van der Waals surface area contributed by atoms with Gasteiger partial charge in [-0.25, -0.2) is 0 Å². The van der Waals surface area contributed by atoms with Crippen LogP contribution in [0.2, 0.25) is 0 Å². The Labute approximate surface area is 118 Å². The molecule has 0 aromatic heterocycles. The summed E-state index contributed by atoms with van der Waals surface area (Å²) in [4.78, 5) is 21.9. The highest BCUT2D eigenvalue weighted by Gasteiger charge is 2.24. The highest BCUT2D eigenvalue weighted by molar-refractivity contribution is 9.10. The van der Waals surface area contributed by atoms with Gasteiger partial charge in [-0.1, -0.05) is 12.2 Å². The van der Waals surface area contributed by atoms with Crippen molar-refractivity contribution >= 4 is 33.5 Å². The van der Waals surface area contributed by atoms with Crippen molar-refractivity contribution in [2.45, 2.75) is 12.5 Å². The first-order chi connectivity index (χ1) is 8.97. The van der Waals surface area contributed by atoms with Gasteiger partial charge in [0.05, 0.1) is 11.5 Å². The van der Waals surface area contributed by atoms with Crippen LogP contribution in [-0.2, 0) is 4.79 Å². The van der Waals surface area contributed by atoms with E-state index in [0.29, 0.717) is 16.5 Å². The molecule has 1 amide bonds. The molecule has 2 atom stereocenters. The number of halogens is 1. The third kappa shape index (κ3) is 3.14. The summed E-state index contributed by atoms with van der Waals surface area (Å²) in [6.45, 7) is 0. The van der Waals surface area contributed by atoms with E-state index in [4.69, 9.17) is 10.8 Å². The molecule has 0 spiro atoms. The summed E-state index contributed by atoms with van der Waals surface area (Å²) in [6.07, 6.45) is 4.05. The van der Waals surface area contributed by atoms with Crippen molar-refractivity contribution in [2.24, 2.45) is 11.7 Å². The molecule has 19 heavy (non-hydrogen) atoms. The van der Waals surface area contributed by atoms with Crippen molar-refractivity contribution in [1.82, 2.24) is 0 Å². The quantitative estimate of drug-likeness (QED) is 0.738. The molecule has 2 rings (SSSR count). The fourth-order valence-corrected chi connectivity index (χ4v) is 2.58. The summed E-state index contributed by atoms with van der Waals surface area (Å²) < 4.78 is 0.613. The summed E-state index contributed by atoms with van der Waals surface area (Å²) >= 11 is 3.28. The van der Waals surface area contributed by atoms with Gasteiger partial charge in [0.2, 0.25) is 5.91 Å². The minimum atomic E-state index is -0.814. The molecule has 4 N–H and O–H groups in total. The molecule has 5 nitrogen and oxygen atoms in total. The number of aliphatic carboxylic acids is 1. The van der Waals surface area contributed by atoms with Crippen molar-refractivity contribution in [3.63, 3.8) is 0 Å². The number of anilines is 1. The van der Waals surface area contributed by atoms with Crippen molar-refractivity contribution in [2.75, 3.05) is 5.32 Å². The fraction of sp³-hybridized carbons (Fsp3) is 0.231. The zero-order valence-electron chi connectivity index (χ0n) is 9.97. The lowest BCUT2D eigenvalue weighted by Gasteiger charge is -2.14. The predicted molar refractivity (Wildman–Crippen MR) is 75.0 cm³/mol. The van der Waals surface area contributed by atoms with Crippen LogP contribution >= 0.6 is 15.9 Å². The standard InChI is InChI=1S/C13H13BrN2O3/c14-11-6-9(3-4-10(11)12(15)17)16-8-2-1-7(5-8)13(18)19/h1-4,6-8,16H,5H2,(H2,15,17)(H,18,19). The van der Waals surface area contributed by atoms with Crippen molar-refractivity contribution in [3.8, 4) is 0 Å². The molecule has 0 saturated heterocycles. The number of benzene rings is 1. The Morgan fingerprint density at radius 3 is 2.63 bits per heavy atom. The second-order valence-electron chi connectivity index (χ2n) is 4.38. The number of carboxylic acid groups (broad SMARTS) is 1. The number of nitrogens with two attached hydrogens (primary N) is 1. The van der Waals surface area contributed by atoms with E-state index in [2.05, 4.69) is 21.2 Å². The largest absolute Gasteiger partial charge is 0.481 e. The van der Waals surface area contributed by atoms with E-state index in [1.54, 1.807) is 24.3 Å². The van der Waals surface area contributed by atoms with Crippen LogP contribution in [0.4, 0.5) is 5.69 Å². The lowest BCUT2D eigenvalue weighted by Crippen LogP contribution is -2.19. The monoisotopic (exact) mass is 324 g/mol. The van der Waals surface area contributed by atoms with Crippen molar-refractivity contribution < 1.29 is 14.7 Å². The van der Waals surface area contributed by atoms with Crippen LogP contribution in [0.15, 0.2) is 34.8 Å². The second-order valence-corrected chi connectivity index (χ2v) is 5.23. The van der Waals surface area contributed by atoms with E-state index in [1.807, 2.05) is 6.08 Å². The number of amides is 1. The Morgan fingerprint density at radius 1 is 1.37 bits per heavy atom. The molecule has 2 unspecified atom stereocenters. The molecule has 0 aliphatic heterocycles. The number of rotatable bonds is 4. The molecule has 1 aromatic carbocycles. The summed E-state index contributed by atoms with van der Waals surface area (Å²) in [6, 6.07) is 5.10. The van der Waals surface area contributed by atoms with Gasteiger partial charge in [0.15, 0.2) is 0 Å². The Morgan fingerprint density at radius 2 is 2.11 bits per heavy atom. The number of carbonyl (C=O) groups excluding carboxylic acids is 1. The van der Waals surface area contributed by atoms with E-state index >= 15 is 0 Å². The average molecular weight is 325 g/mol. The van der Waals surface area contributed by atoms with Gasteiger partial charge in [0.1, 0.15) is 0 Å². The molecule has 0 radical (unpaired) electrons. The normalized spacial score (nSPS) is 21.3. The van der Waals surface area contributed by atoms with Crippen LogP contribution in [0.1, 0.15) is 16.8 Å². The molecular formula is C13H13BrN2O3. The molecular weight excluding hydrogens is 312 g/mol. The SMILES string of the molecule is NC(=O)c1ccc(NC2C=CC(C(=O)O)C2)cc1Br. The molecule has 0 saturated carbocycles. The van der Waals surface area contributed by atoms with E-state index in [0.717, 1.165) is 5.69 Å². The number of hydrogen-bond acceptors (Lipinski definition) is 3. The zero-order valence-corrected chi connectivity index (χ0v) is 11.6. The molecule has 0 bridgehead atoms. The first kappa shape index (κ1) is 13.6. The smallest absolute Gasteiger partial charge is 0.310 e. The van der Waals surface area contributed by atoms with E-state index in [1.165, 1.54) is 0 Å². The van der Waals surface area contributed by atoms with Gasteiger partial charge in [-0.05, 0) is 40.5 Å². The zero-order chi connectivity index (χ0) is 14.0. The fourth-order valence-electron chi connectivity index (χ4n) is 2.01. The summed E-state index contributed by atoms with van der Waals surface area (Å²) in [5, 5.41) is 12.1. The van der Waals surface area contributed by atoms with Gasteiger partial charge in [-0.2, -0.15) is 0 Å². The third-order valence-corrected chi connectivity index (χ3v) is 3.64. The number of carbonyl (C=O) groups is 2. The molecule has 0 fully saturated rings. The molecule has 1 aliphatic carbocycles. The van der Waals surface area contributed by atoms with E-state index in [-0.39, 0.29) is 6.04 Å². The maximum absolute atomic E-state index is 11.1. The van der Waals surface area contributed by atoms with Crippen molar-refractivity contribution in [3.05, 3.63) is 40.4 Å². The number of carboxylic acids is 1.